The number of carbonyl (C=O) groups excluding carboxylic acids is 2. The normalized spacial score (nSPS) is 11.1. The molecular formula is C26H22N6O4. The van der Waals surface area contributed by atoms with E-state index in [9.17, 15) is 9.59 Å². The van der Waals surface area contributed by atoms with Gasteiger partial charge in [-0.05, 0) is 41.6 Å². The largest absolute Gasteiger partial charge is 0.465 e. The van der Waals surface area contributed by atoms with Gasteiger partial charge >= 0.3 is 5.97 Å². The zero-order valence-electron chi connectivity index (χ0n) is 19.4. The van der Waals surface area contributed by atoms with E-state index in [1.54, 1.807) is 36.4 Å². The fourth-order valence-electron chi connectivity index (χ4n) is 3.39. The quantitative estimate of drug-likeness (QED) is 0.261. The Morgan fingerprint density at radius 1 is 1.11 bits per heavy atom. The van der Waals surface area contributed by atoms with Crippen LogP contribution in [0.4, 0.5) is 5.69 Å². The standard InChI is InChI=1S/C26H22N6O4/c1-19-10-12-21(13-11-19)31(15-6-14-27)24(33)18-36-26(34)23(17-22-9-5-16-35-22)32-25(28-29-30-32)20-7-3-2-4-8-20/h2-5,7-13,16-17H,6,15,18H2,1H3/b23-17+. The van der Waals surface area contributed by atoms with Crippen LogP contribution < -0.4 is 4.90 Å². The summed E-state index contributed by atoms with van der Waals surface area (Å²) in [6.45, 7) is 1.55. The van der Waals surface area contributed by atoms with Crippen molar-refractivity contribution in [2.45, 2.75) is 13.3 Å². The molecule has 10 nitrogen and oxygen atoms in total. The summed E-state index contributed by atoms with van der Waals surface area (Å²) >= 11 is 0. The molecule has 2 aromatic heterocycles. The van der Waals surface area contributed by atoms with E-state index in [1.165, 1.54) is 21.9 Å². The van der Waals surface area contributed by atoms with Gasteiger partial charge in [-0.15, -0.1) is 5.10 Å². The van der Waals surface area contributed by atoms with Gasteiger partial charge < -0.3 is 14.1 Å². The van der Waals surface area contributed by atoms with Crippen molar-refractivity contribution in [3.05, 3.63) is 84.3 Å². The predicted molar refractivity (Wildman–Crippen MR) is 131 cm³/mol. The molecule has 0 spiro atoms. The Hall–Kier alpha value is -5.04. The number of carbonyl (C=O) groups is 2. The van der Waals surface area contributed by atoms with E-state index in [0.29, 0.717) is 22.8 Å². The van der Waals surface area contributed by atoms with Crippen LogP contribution in [0.25, 0.3) is 23.2 Å². The average Bonchev–Trinajstić information content (AvgIpc) is 3.60. The number of benzene rings is 2. The van der Waals surface area contributed by atoms with Crippen molar-refractivity contribution in [3.63, 3.8) is 0 Å². The highest BCUT2D eigenvalue weighted by atomic mass is 16.5. The molecule has 0 atom stereocenters. The van der Waals surface area contributed by atoms with Crippen LogP contribution in [0.15, 0.2) is 77.4 Å². The molecule has 2 aromatic carbocycles. The van der Waals surface area contributed by atoms with Gasteiger partial charge in [-0.2, -0.15) is 9.94 Å². The number of hydrogen-bond acceptors (Lipinski definition) is 8. The molecule has 36 heavy (non-hydrogen) atoms. The van der Waals surface area contributed by atoms with Gasteiger partial charge in [-0.1, -0.05) is 48.0 Å². The fraction of sp³-hybridized carbons (Fsp3) is 0.154. The number of nitriles is 1. The third kappa shape index (κ3) is 5.71. The minimum absolute atomic E-state index is 0.0412. The topological polar surface area (TPSA) is 127 Å². The molecule has 4 rings (SSSR count). The van der Waals surface area contributed by atoms with Crippen LogP contribution in [0, 0.1) is 18.3 Å². The zero-order chi connectivity index (χ0) is 25.3. The molecular weight excluding hydrogens is 460 g/mol. The number of nitrogens with zero attached hydrogens (tertiary/aromatic N) is 6. The lowest BCUT2D eigenvalue weighted by Crippen LogP contribution is -2.35. The van der Waals surface area contributed by atoms with Crippen LogP contribution in [0.3, 0.4) is 0 Å². The molecule has 180 valence electrons. The van der Waals surface area contributed by atoms with E-state index in [1.807, 2.05) is 43.3 Å². The smallest absolute Gasteiger partial charge is 0.357 e. The number of tetrazole rings is 1. The van der Waals surface area contributed by atoms with Crippen molar-refractivity contribution in [3.8, 4) is 17.5 Å². The van der Waals surface area contributed by atoms with Crippen LogP contribution in [-0.2, 0) is 14.3 Å². The van der Waals surface area contributed by atoms with E-state index >= 15 is 0 Å². The van der Waals surface area contributed by atoms with Crippen molar-refractivity contribution < 1.29 is 18.7 Å². The number of esters is 1. The molecule has 0 saturated carbocycles. The molecule has 0 unspecified atom stereocenters. The Balaban J connectivity index is 1.58. The number of amides is 1. The highest BCUT2D eigenvalue weighted by Crippen LogP contribution is 2.22. The summed E-state index contributed by atoms with van der Waals surface area (Å²) in [6, 6.07) is 21.7. The molecule has 0 aliphatic rings. The second-order valence-electron chi connectivity index (χ2n) is 7.69. The third-order valence-electron chi connectivity index (χ3n) is 5.18. The van der Waals surface area contributed by atoms with Crippen LogP contribution in [0.5, 0.6) is 0 Å². The number of ether oxygens (including phenoxy) is 1. The second kappa shape index (κ2) is 11.4. The molecule has 0 aliphatic heterocycles. The SMILES string of the molecule is Cc1ccc(N(CCC#N)C(=O)COC(=O)/C(=C\c2ccco2)n2nnnc2-c2ccccc2)cc1. The number of aryl methyl sites for hydroxylation is 1. The van der Waals surface area contributed by atoms with Crippen molar-refractivity contribution in [2.75, 3.05) is 18.1 Å². The third-order valence-corrected chi connectivity index (χ3v) is 5.18. The molecule has 1 amide bonds. The summed E-state index contributed by atoms with van der Waals surface area (Å²) in [5, 5.41) is 20.7. The van der Waals surface area contributed by atoms with Crippen LogP contribution in [-0.4, -0.2) is 45.2 Å². The summed E-state index contributed by atoms with van der Waals surface area (Å²) in [5.74, 6) is -0.613. The molecule has 0 fully saturated rings. The van der Waals surface area contributed by atoms with Gasteiger partial charge in [0.05, 0.1) is 18.8 Å². The van der Waals surface area contributed by atoms with Gasteiger partial charge in [0.15, 0.2) is 18.1 Å². The summed E-state index contributed by atoms with van der Waals surface area (Å²) in [7, 11) is 0. The first-order chi connectivity index (χ1) is 17.6. The first-order valence-electron chi connectivity index (χ1n) is 11.1. The predicted octanol–water partition coefficient (Wildman–Crippen LogP) is 3.73. The number of anilines is 1. The maximum atomic E-state index is 13.2. The number of rotatable bonds is 9. The second-order valence-corrected chi connectivity index (χ2v) is 7.69. The lowest BCUT2D eigenvalue weighted by molar-refractivity contribution is -0.142. The van der Waals surface area contributed by atoms with Crippen LogP contribution in [0.2, 0.25) is 0 Å². The fourth-order valence-corrected chi connectivity index (χ4v) is 3.39. The van der Waals surface area contributed by atoms with Gasteiger partial charge in [0.2, 0.25) is 0 Å². The van der Waals surface area contributed by atoms with Crippen molar-refractivity contribution in [1.82, 2.24) is 20.2 Å². The molecule has 0 bridgehead atoms. The Kier molecular flexibility index (Phi) is 7.63. The molecule has 2 heterocycles. The molecule has 10 heteroatoms. The van der Waals surface area contributed by atoms with Crippen molar-refractivity contribution in [2.24, 2.45) is 0 Å². The van der Waals surface area contributed by atoms with E-state index in [-0.39, 0.29) is 18.7 Å². The average molecular weight is 483 g/mol. The van der Waals surface area contributed by atoms with Gasteiger partial charge in [-0.3, -0.25) is 4.79 Å². The highest BCUT2D eigenvalue weighted by molar-refractivity contribution is 6.16. The zero-order valence-corrected chi connectivity index (χ0v) is 19.4. The summed E-state index contributed by atoms with van der Waals surface area (Å²) in [4.78, 5) is 27.6. The maximum absolute atomic E-state index is 13.2. The molecule has 0 N–H and O–H groups in total. The lowest BCUT2D eigenvalue weighted by Gasteiger charge is -2.22. The van der Waals surface area contributed by atoms with Gasteiger partial charge in [-0.25, -0.2) is 4.79 Å². The maximum Gasteiger partial charge on any atom is 0.357 e. The Morgan fingerprint density at radius 2 is 1.89 bits per heavy atom. The Bertz CT molecular complexity index is 1390. The Morgan fingerprint density at radius 3 is 2.58 bits per heavy atom. The Labute approximate surface area is 207 Å². The summed E-state index contributed by atoms with van der Waals surface area (Å²) < 4.78 is 12.0. The van der Waals surface area contributed by atoms with E-state index in [0.717, 1.165) is 5.56 Å². The first-order valence-corrected chi connectivity index (χ1v) is 11.1. The van der Waals surface area contributed by atoms with Crippen LogP contribution >= 0.6 is 0 Å². The summed E-state index contributed by atoms with van der Waals surface area (Å²) in [5.41, 5.74) is 2.27. The highest BCUT2D eigenvalue weighted by Gasteiger charge is 2.24. The number of hydrogen-bond donors (Lipinski definition) is 0. The van der Waals surface area contributed by atoms with Crippen molar-refractivity contribution >= 4 is 29.3 Å². The van der Waals surface area contributed by atoms with E-state index in [2.05, 4.69) is 15.5 Å². The first kappa shape index (κ1) is 24.1. The number of furan rings is 1. The van der Waals surface area contributed by atoms with Gasteiger partial charge in [0.25, 0.3) is 5.91 Å². The van der Waals surface area contributed by atoms with E-state index < -0.39 is 18.5 Å². The van der Waals surface area contributed by atoms with Gasteiger partial charge in [0.1, 0.15) is 5.76 Å². The van der Waals surface area contributed by atoms with E-state index in [4.69, 9.17) is 14.4 Å². The summed E-state index contributed by atoms with van der Waals surface area (Å²) in [6.07, 6.45) is 3.02. The molecule has 4 aromatic rings. The van der Waals surface area contributed by atoms with Crippen LogP contribution in [0.1, 0.15) is 17.7 Å². The lowest BCUT2D eigenvalue weighted by atomic mass is 10.2. The van der Waals surface area contributed by atoms with Gasteiger partial charge in [0, 0.05) is 23.9 Å². The minimum atomic E-state index is -0.826. The minimum Gasteiger partial charge on any atom is -0.465 e. The monoisotopic (exact) mass is 482 g/mol. The molecule has 0 aliphatic carbocycles. The number of aromatic nitrogens is 4. The molecule has 0 saturated heterocycles. The van der Waals surface area contributed by atoms with Crippen molar-refractivity contribution in [1.29, 1.82) is 5.26 Å². The molecule has 0 radical (unpaired) electrons.